The molecule has 2 amide bonds. The highest BCUT2D eigenvalue weighted by molar-refractivity contribution is 5.86. The van der Waals surface area contributed by atoms with Crippen molar-refractivity contribution in [2.24, 2.45) is 5.92 Å². The predicted octanol–water partition coefficient (Wildman–Crippen LogP) is 5.96. The summed E-state index contributed by atoms with van der Waals surface area (Å²) in [4.78, 5) is 34.0. The first-order valence-electron chi connectivity index (χ1n) is 13.8. The molecule has 0 fully saturated rings. The molecule has 3 aromatic rings. The third kappa shape index (κ3) is 8.42. The molecular formula is C31H42FN3O3. The third-order valence-corrected chi connectivity index (χ3v) is 7.13. The number of methoxy groups -OCH3 is 1. The lowest BCUT2D eigenvalue weighted by Crippen LogP contribution is -2.45. The number of rotatable bonds is 16. The molecule has 0 aliphatic heterocycles. The number of unbranched alkanes of at least 4 members (excludes halogenated alkanes) is 1. The molecule has 2 aromatic carbocycles. The normalized spacial score (nSPS) is 12.0. The molecule has 0 unspecified atom stereocenters. The standard InChI is InChI=1S/C31H42FN3O3/c1-4-6-10-25(5-2)31(37)35(18-9-20-38-3)23-30(36)34(22-24-13-15-27(32)16-14-24)19-17-26-21-33-29-12-8-7-11-28(26)29/h7-8,11-16,21,25,33H,4-6,9-10,17-20,22-23H2,1-3H3/t25-/m0/s1. The maximum atomic E-state index is 13.7. The van der Waals surface area contributed by atoms with Crippen LogP contribution in [-0.2, 0) is 27.3 Å². The number of amides is 2. The van der Waals surface area contributed by atoms with E-state index in [-0.39, 0.29) is 30.1 Å². The smallest absolute Gasteiger partial charge is 0.242 e. The molecular weight excluding hydrogens is 481 g/mol. The number of carbonyl (C=O) groups is 2. The van der Waals surface area contributed by atoms with Crippen LogP contribution in [-0.4, -0.2) is 59.9 Å². The van der Waals surface area contributed by atoms with Gasteiger partial charge in [0.05, 0.1) is 6.54 Å². The number of nitrogens with one attached hydrogen (secondary N) is 1. The Morgan fingerprint density at radius 1 is 1.00 bits per heavy atom. The fourth-order valence-electron chi connectivity index (χ4n) is 4.84. The molecule has 1 atom stereocenters. The fourth-order valence-corrected chi connectivity index (χ4v) is 4.84. The first-order valence-corrected chi connectivity index (χ1v) is 13.8. The predicted molar refractivity (Wildman–Crippen MR) is 150 cm³/mol. The summed E-state index contributed by atoms with van der Waals surface area (Å²) in [7, 11) is 1.64. The Bertz CT molecular complexity index is 1140. The number of aromatic amines is 1. The second-order valence-electron chi connectivity index (χ2n) is 9.90. The minimum atomic E-state index is -0.307. The van der Waals surface area contributed by atoms with Crippen molar-refractivity contribution in [1.29, 1.82) is 0 Å². The van der Waals surface area contributed by atoms with Crippen LogP contribution in [0.3, 0.4) is 0 Å². The molecule has 0 bridgehead atoms. The lowest BCUT2D eigenvalue weighted by atomic mass is 9.97. The lowest BCUT2D eigenvalue weighted by molar-refractivity contribution is -0.143. The fraction of sp³-hybridized carbons (Fsp3) is 0.484. The minimum absolute atomic E-state index is 0.0280. The van der Waals surface area contributed by atoms with E-state index in [1.165, 1.54) is 12.1 Å². The molecule has 0 spiro atoms. The summed E-state index contributed by atoms with van der Waals surface area (Å²) in [6, 6.07) is 14.4. The molecule has 0 saturated heterocycles. The number of halogens is 1. The molecule has 6 nitrogen and oxygen atoms in total. The van der Waals surface area contributed by atoms with E-state index >= 15 is 0 Å². The van der Waals surface area contributed by atoms with Gasteiger partial charge in [0.2, 0.25) is 11.8 Å². The summed E-state index contributed by atoms with van der Waals surface area (Å²) in [5.41, 5.74) is 3.05. The van der Waals surface area contributed by atoms with Gasteiger partial charge in [0, 0.05) is 56.4 Å². The second kappa shape index (κ2) is 15.3. The Kier molecular flexibility index (Phi) is 11.8. The summed E-state index contributed by atoms with van der Waals surface area (Å²) in [5.74, 6) is -0.450. The van der Waals surface area contributed by atoms with Crippen molar-refractivity contribution in [3.63, 3.8) is 0 Å². The molecule has 0 aliphatic carbocycles. The van der Waals surface area contributed by atoms with Crippen molar-refractivity contribution in [2.45, 2.75) is 58.9 Å². The van der Waals surface area contributed by atoms with Crippen LogP contribution < -0.4 is 0 Å². The number of hydrogen-bond donors (Lipinski definition) is 1. The number of H-pyrrole nitrogens is 1. The minimum Gasteiger partial charge on any atom is -0.385 e. The molecule has 3 rings (SSSR count). The van der Waals surface area contributed by atoms with Crippen molar-refractivity contribution < 1.29 is 18.7 Å². The van der Waals surface area contributed by atoms with E-state index < -0.39 is 0 Å². The molecule has 1 aromatic heterocycles. The Balaban J connectivity index is 1.78. The van der Waals surface area contributed by atoms with Crippen molar-refractivity contribution in [3.8, 4) is 0 Å². The molecule has 0 radical (unpaired) electrons. The highest BCUT2D eigenvalue weighted by Gasteiger charge is 2.26. The number of para-hydroxylation sites is 1. The zero-order valence-corrected chi connectivity index (χ0v) is 23.0. The van der Waals surface area contributed by atoms with Crippen LogP contribution >= 0.6 is 0 Å². The largest absolute Gasteiger partial charge is 0.385 e. The Morgan fingerprint density at radius 3 is 2.47 bits per heavy atom. The summed E-state index contributed by atoms with van der Waals surface area (Å²) in [6.45, 7) is 6.05. The van der Waals surface area contributed by atoms with Crippen molar-refractivity contribution >= 4 is 22.7 Å². The average molecular weight is 524 g/mol. The number of aromatic nitrogens is 1. The van der Waals surface area contributed by atoms with E-state index in [9.17, 15) is 14.0 Å². The molecule has 7 heteroatoms. The van der Waals surface area contributed by atoms with Crippen LogP contribution in [0.15, 0.2) is 54.7 Å². The summed E-state index contributed by atoms with van der Waals surface area (Å²) >= 11 is 0. The Labute approximate surface area is 226 Å². The monoisotopic (exact) mass is 523 g/mol. The van der Waals surface area contributed by atoms with Gasteiger partial charge in [0.1, 0.15) is 5.82 Å². The van der Waals surface area contributed by atoms with Crippen LogP contribution in [0.2, 0.25) is 0 Å². The number of nitrogens with zero attached hydrogens (tertiary/aromatic N) is 2. The Hall–Kier alpha value is -3.19. The zero-order valence-electron chi connectivity index (χ0n) is 23.0. The molecule has 0 saturated carbocycles. The van der Waals surface area contributed by atoms with Crippen LogP contribution in [0.4, 0.5) is 4.39 Å². The number of benzene rings is 2. The maximum absolute atomic E-state index is 13.7. The SMILES string of the molecule is CCCC[C@H](CC)C(=O)N(CCCOC)CC(=O)N(CCc1c[nH]c2ccccc12)Cc1ccc(F)cc1. The van der Waals surface area contributed by atoms with E-state index in [1.807, 2.05) is 31.3 Å². The van der Waals surface area contributed by atoms with E-state index in [2.05, 4.69) is 18.0 Å². The summed E-state index contributed by atoms with van der Waals surface area (Å²) in [5, 5.41) is 1.14. The first-order chi connectivity index (χ1) is 18.5. The van der Waals surface area contributed by atoms with Gasteiger partial charge in [-0.25, -0.2) is 4.39 Å². The highest BCUT2D eigenvalue weighted by atomic mass is 19.1. The topological polar surface area (TPSA) is 65.6 Å². The van der Waals surface area contributed by atoms with Gasteiger partial charge in [0.25, 0.3) is 0 Å². The second-order valence-corrected chi connectivity index (χ2v) is 9.90. The van der Waals surface area contributed by atoms with Gasteiger partial charge in [-0.15, -0.1) is 0 Å². The van der Waals surface area contributed by atoms with Gasteiger partial charge >= 0.3 is 0 Å². The number of fused-ring (bicyclic) bond motifs is 1. The number of hydrogen-bond acceptors (Lipinski definition) is 3. The van der Waals surface area contributed by atoms with Crippen LogP contribution in [0.5, 0.6) is 0 Å². The average Bonchev–Trinajstić information content (AvgIpc) is 3.35. The van der Waals surface area contributed by atoms with Crippen molar-refractivity contribution in [3.05, 3.63) is 71.7 Å². The lowest BCUT2D eigenvalue weighted by Gasteiger charge is -2.30. The van der Waals surface area contributed by atoms with Gasteiger partial charge in [-0.1, -0.05) is 57.0 Å². The van der Waals surface area contributed by atoms with Crippen molar-refractivity contribution in [2.75, 3.05) is 33.4 Å². The van der Waals surface area contributed by atoms with Crippen molar-refractivity contribution in [1.82, 2.24) is 14.8 Å². The number of carbonyl (C=O) groups excluding carboxylic acids is 2. The van der Waals surface area contributed by atoms with Gasteiger partial charge in [-0.2, -0.15) is 0 Å². The molecule has 206 valence electrons. The van der Waals surface area contributed by atoms with Gasteiger partial charge in [-0.05, 0) is 55.0 Å². The van der Waals surface area contributed by atoms with Crippen LogP contribution in [0.25, 0.3) is 10.9 Å². The molecule has 1 N–H and O–H groups in total. The third-order valence-electron chi connectivity index (χ3n) is 7.13. The Morgan fingerprint density at radius 2 is 1.76 bits per heavy atom. The number of ether oxygens (including phenoxy) is 1. The van der Waals surface area contributed by atoms with Crippen LogP contribution in [0.1, 0.15) is 57.1 Å². The molecule has 38 heavy (non-hydrogen) atoms. The van der Waals surface area contributed by atoms with Crippen LogP contribution in [0, 0.1) is 11.7 Å². The van der Waals surface area contributed by atoms with E-state index in [1.54, 1.807) is 29.0 Å². The van der Waals surface area contributed by atoms with E-state index in [0.717, 1.165) is 47.7 Å². The first kappa shape index (κ1) is 29.4. The quantitative estimate of drug-likeness (QED) is 0.236. The summed E-state index contributed by atoms with van der Waals surface area (Å²) in [6.07, 6.45) is 6.95. The molecule has 0 aliphatic rings. The maximum Gasteiger partial charge on any atom is 0.242 e. The van der Waals surface area contributed by atoms with Gasteiger partial charge in [0.15, 0.2) is 0 Å². The van der Waals surface area contributed by atoms with Gasteiger partial charge in [-0.3, -0.25) is 9.59 Å². The van der Waals surface area contributed by atoms with E-state index in [0.29, 0.717) is 39.1 Å². The summed E-state index contributed by atoms with van der Waals surface area (Å²) < 4.78 is 18.7. The highest BCUT2D eigenvalue weighted by Crippen LogP contribution is 2.20. The molecule has 1 heterocycles. The van der Waals surface area contributed by atoms with Gasteiger partial charge < -0.3 is 19.5 Å². The zero-order chi connectivity index (χ0) is 27.3. The van der Waals surface area contributed by atoms with E-state index in [4.69, 9.17) is 4.74 Å².